The highest BCUT2D eigenvalue weighted by atomic mass is 35.5. The lowest BCUT2D eigenvalue weighted by Gasteiger charge is -2.23. The summed E-state index contributed by atoms with van der Waals surface area (Å²) in [6.07, 6.45) is 1.19. The zero-order valence-electron chi connectivity index (χ0n) is 10.9. The molecule has 1 aromatic carbocycles. The summed E-state index contributed by atoms with van der Waals surface area (Å²) < 4.78 is 30.4. The van der Waals surface area contributed by atoms with Crippen molar-refractivity contribution in [3.8, 4) is 0 Å². The van der Waals surface area contributed by atoms with Gasteiger partial charge in [-0.25, -0.2) is 13.2 Å². The van der Waals surface area contributed by atoms with Gasteiger partial charge >= 0.3 is 5.97 Å². The lowest BCUT2D eigenvalue weighted by atomic mass is 10.1. The molecule has 1 saturated heterocycles. The predicted molar refractivity (Wildman–Crippen MR) is 74.2 cm³/mol. The monoisotopic (exact) mass is 318 g/mol. The van der Waals surface area contributed by atoms with Crippen molar-refractivity contribution in [3.05, 3.63) is 28.3 Å². The maximum absolute atomic E-state index is 12.6. The number of hydrogen-bond donors (Lipinski definition) is 1. The molecule has 0 amide bonds. The number of halogens is 1. The maximum atomic E-state index is 12.6. The first-order valence-electron chi connectivity index (χ1n) is 6.19. The molecular formula is C13H15ClO5S. The predicted octanol–water partition coefficient (Wildman–Crippen LogP) is 2.30. The highest BCUT2D eigenvalue weighted by Gasteiger charge is 2.32. The van der Waals surface area contributed by atoms with E-state index in [1.807, 2.05) is 0 Å². The van der Waals surface area contributed by atoms with Crippen molar-refractivity contribution in [1.82, 2.24) is 0 Å². The van der Waals surface area contributed by atoms with Crippen molar-refractivity contribution >= 4 is 27.4 Å². The molecule has 1 heterocycles. The van der Waals surface area contributed by atoms with E-state index in [0.29, 0.717) is 19.4 Å². The lowest BCUT2D eigenvalue weighted by molar-refractivity contribution is 0.0696. The number of benzene rings is 1. The summed E-state index contributed by atoms with van der Waals surface area (Å²) in [4.78, 5) is 11.1. The van der Waals surface area contributed by atoms with Crippen molar-refractivity contribution in [3.63, 3.8) is 0 Å². The van der Waals surface area contributed by atoms with E-state index in [-0.39, 0.29) is 27.7 Å². The van der Waals surface area contributed by atoms with Gasteiger partial charge in [-0.15, -0.1) is 0 Å². The van der Waals surface area contributed by atoms with Crippen LogP contribution in [0, 0.1) is 6.92 Å². The zero-order valence-corrected chi connectivity index (χ0v) is 12.5. The van der Waals surface area contributed by atoms with Gasteiger partial charge in [0.1, 0.15) is 0 Å². The van der Waals surface area contributed by atoms with Crippen molar-refractivity contribution < 1.29 is 23.1 Å². The highest BCUT2D eigenvalue weighted by molar-refractivity contribution is 7.92. The Morgan fingerprint density at radius 1 is 1.45 bits per heavy atom. The fraction of sp³-hybridized carbons (Fsp3) is 0.462. The molecule has 0 aliphatic carbocycles. The van der Waals surface area contributed by atoms with E-state index >= 15 is 0 Å². The molecule has 1 aliphatic rings. The normalized spacial score (nSPS) is 19.8. The number of hydrogen-bond acceptors (Lipinski definition) is 4. The Kier molecular flexibility index (Phi) is 4.36. The Labute approximate surface area is 122 Å². The third kappa shape index (κ3) is 2.82. The van der Waals surface area contributed by atoms with Gasteiger partial charge in [-0.2, -0.15) is 0 Å². The number of carboxylic acid groups (broad SMARTS) is 1. The fourth-order valence-corrected chi connectivity index (χ4v) is 4.53. The molecule has 20 heavy (non-hydrogen) atoms. The summed E-state index contributed by atoms with van der Waals surface area (Å²) in [6, 6.07) is 2.57. The lowest BCUT2D eigenvalue weighted by Crippen LogP contribution is -2.31. The topological polar surface area (TPSA) is 80.7 Å². The van der Waals surface area contributed by atoms with Gasteiger partial charge in [0.2, 0.25) is 0 Å². The Hall–Kier alpha value is -1.11. The van der Waals surface area contributed by atoms with E-state index in [1.54, 1.807) is 0 Å². The molecule has 0 aromatic heterocycles. The van der Waals surface area contributed by atoms with Crippen LogP contribution >= 0.6 is 11.6 Å². The molecular weight excluding hydrogens is 304 g/mol. The molecule has 1 unspecified atom stereocenters. The molecule has 0 saturated carbocycles. The van der Waals surface area contributed by atoms with Gasteiger partial charge in [0.15, 0.2) is 9.84 Å². The van der Waals surface area contributed by atoms with Crippen LogP contribution in [0.4, 0.5) is 0 Å². The second-order valence-electron chi connectivity index (χ2n) is 4.77. The SMILES string of the molecule is Cc1c(C(=O)O)cc(Cl)cc1S(=O)(=O)C1CCCOC1. The Morgan fingerprint density at radius 3 is 2.70 bits per heavy atom. The van der Waals surface area contributed by atoms with Crippen LogP contribution in [0.5, 0.6) is 0 Å². The molecule has 7 heteroatoms. The number of carboxylic acids is 1. The van der Waals surface area contributed by atoms with E-state index in [2.05, 4.69) is 0 Å². The van der Waals surface area contributed by atoms with Gasteiger partial charge in [-0.3, -0.25) is 0 Å². The van der Waals surface area contributed by atoms with Crippen LogP contribution in [-0.2, 0) is 14.6 Å². The minimum absolute atomic E-state index is 0.0158. The van der Waals surface area contributed by atoms with E-state index in [1.165, 1.54) is 19.1 Å². The Balaban J connectivity index is 2.53. The summed E-state index contributed by atoms with van der Waals surface area (Å²) >= 11 is 5.85. The standard InChI is InChI=1S/C13H15ClO5S/c1-8-11(13(15)16)5-9(14)6-12(8)20(17,18)10-3-2-4-19-7-10/h5-6,10H,2-4,7H2,1H3,(H,15,16). The van der Waals surface area contributed by atoms with Gasteiger partial charge < -0.3 is 9.84 Å². The highest BCUT2D eigenvalue weighted by Crippen LogP contribution is 2.29. The molecule has 1 fully saturated rings. The van der Waals surface area contributed by atoms with Crippen molar-refractivity contribution in [1.29, 1.82) is 0 Å². The van der Waals surface area contributed by atoms with Gasteiger partial charge in [0.25, 0.3) is 0 Å². The van der Waals surface area contributed by atoms with E-state index in [9.17, 15) is 13.2 Å². The van der Waals surface area contributed by atoms with Gasteiger partial charge in [-0.05, 0) is 37.5 Å². The first kappa shape index (κ1) is 15.3. The minimum atomic E-state index is -3.64. The molecule has 1 aliphatic heterocycles. The average molecular weight is 319 g/mol. The first-order chi connectivity index (χ1) is 9.34. The van der Waals surface area contributed by atoms with Crippen LogP contribution in [0.1, 0.15) is 28.8 Å². The maximum Gasteiger partial charge on any atom is 0.336 e. The van der Waals surface area contributed by atoms with Crippen LogP contribution in [0.2, 0.25) is 5.02 Å². The number of sulfone groups is 1. The number of rotatable bonds is 3. The molecule has 0 spiro atoms. The minimum Gasteiger partial charge on any atom is -0.478 e. The third-order valence-corrected chi connectivity index (χ3v) is 5.92. The Morgan fingerprint density at radius 2 is 2.15 bits per heavy atom. The quantitative estimate of drug-likeness (QED) is 0.925. The van der Waals surface area contributed by atoms with Crippen LogP contribution in [0.3, 0.4) is 0 Å². The van der Waals surface area contributed by atoms with E-state index in [4.69, 9.17) is 21.4 Å². The molecule has 1 atom stereocenters. The molecule has 5 nitrogen and oxygen atoms in total. The summed E-state index contributed by atoms with van der Waals surface area (Å²) in [5.41, 5.74) is 0.125. The van der Waals surface area contributed by atoms with Gasteiger partial charge in [0, 0.05) is 11.6 Å². The largest absolute Gasteiger partial charge is 0.478 e. The second kappa shape index (κ2) is 5.71. The molecule has 0 bridgehead atoms. The third-order valence-electron chi connectivity index (χ3n) is 3.42. The van der Waals surface area contributed by atoms with Crippen molar-refractivity contribution in [2.24, 2.45) is 0 Å². The summed E-state index contributed by atoms with van der Waals surface area (Å²) in [6.45, 7) is 2.17. The van der Waals surface area contributed by atoms with Crippen LogP contribution < -0.4 is 0 Å². The second-order valence-corrected chi connectivity index (χ2v) is 7.40. The summed E-state index contributed by atoms with van der Waals surface area (Å²) in [5.74, 6) is -1.19. The number of ether oxygens (including phenoxy) is 1. The Bertz CT molecular complexity index is 632. The smallest absolute Gasteiger partial charge is 0.336 e. The number of carbonyl (C=O) groups is 1. The van der Waals surface area contributed by atoms with Crippen molar-refractivity contribution in [2.75, 3.05) is 13.2 Å². The van der Waals surface area contributed by atoms with Gasteiger partial charge in [-0.1, -0.05) is 11.6 Å². The summed E-state index contributed by atoms with van der Waals surface area (Å²) in [7, 11) is -3.64. The zero-order chi connectivity index (χ0) is 14.9. The summed E-state index contributed by atoms with van der Waals surface area (Å²) in [5, 5.41) is 8.57. The molecule has 0 radical (unpaired) electrons. The van der Waals surface area contributed by atoms with E-state index < -0.39 is 21.1 Å². The average Bonchev–Trinajstić information content (AvgIpc) is 2.41. The number of aromatic carboxylic acids is 1. The van der Waals surface area contributed by atoms with Crippen LogP contribution in [-0.4, -0.2) is 38.0 Å². The molecule has 2 rings (SSSR count). The van der Waals surface area contributed by atoms with Gasteiger partial charge in [0.05, 0.1) is 22.3 Å². The molecule has 110 valence electrons. The molecule has 1 N–H and O–H groups in total. The first-order valence-corrected chi connectivity index (χ1v) is 8.11. The van der Waals surface area contributed by atoms with Crippen LogP contribution in [0.25, 0.3) is 0 Å². The molecule has 1 aromatic rings. The van der Waals surface area contributed by atoms with Crippen LogP contribution in [0.15, 0.2) is 17.0 Å². The fourth-order valence-electron chi connectivity index (χ4n) is 2.31. The van der Waals surface area contributed by atoms with Crippen molar-refractivity contribution in [2.45, 2.75) is 29.9 Å². The van der Waals surface area contributed by atoms with E-state index in [0.717, 1.165) is 0 Å².